The van der Waals surface area contributed by atoms with Crippen LogP contribution in [-0.4, -0.2) is 6.26 Å². The highest BCUT2D eigenvalue weighted by atomic mass is 16.1. The summed E-state index contributed by atoms with van der Waals surface area (Å²) in [6.07, 6.45) is 3.62. The quantitative estimate of drug-likeness (QED) is 0.525. The Bertz CT molecular complexity index is 265. The van der Waals surface area contributed by atoms with Crippen molar-refractivity contribution in [1.29, 1.82) is 0 Å². The first-order valence-corrected chi connectivity index (χ1v) is 4.23. The van der Waals surface area contributed by atoms with Gasteiger partial charge in [-0.25, -0.2) is 0 Å². The van der Waals surface area contributed by atoms with E-state index in [0.29, 0.717) is 17.3 Å². The van der Waals surface area contributed by atoms with E-state index in [9.17, 15) is 4.79 Å². The van der Waals surface area contributed by atoms with Gasteiger partial charge in [-0.05, 0) is 35.7 Å². The van der Waals surface area contributed by atoms with Crippen molar-refractivity contribution in [3.05, 3.63) is 11.6 Å². The fourth-order valence-corrected chi connectivity index (χ4v) is 2.34. The van der Waals surface area contributed by atoms with Crippen LogP contribution in [0.15, 0.2) is 11.6 Å². The zero-order valence-electron chi connectivity index (χ0n) is 8.05. The van der Waals surface area contributed by atoms with Gasteiger partial charge in [-0.15, -0.1) is 0 Å². The van der Waals surface area contributed by atoms with E-state index in [4.69, 9.17) is 1.37 Å². The average molecular weight is 151 g/mol. The number of aldehydes is 1. The van der Waals surface area contributed by atoms with Crippen LogP contribution in [0.2, 0.25) is 0 Å². The Balaban J connectivity index is 2.24. The SMILES string of the molecule is [2H]C(=O)C1=CC2CC(C1)C2(C)C. The van der Waals surface area contributed by atoms with Gasteiger partial charge in [0.15, 0.2) is 0 Å². The molecule has 3 aliphatic carbocycles. The monoisotopic (exact) mass is 151 g/mol. The summed E-state index contributed by atoms with van der Waals surface area (Å²) in [6, 6.07) is 0. The first kappa shape index (κ1) is 5.99. The molecule has 0 N–H and O–H groups in total. The minimum absolute atomic E-state index is 0.388. The predicted molar refractivity (Wildman–Crippen MR) is 44.1 cm³/mol. The largest absolute Gasteiger partial charge is 0.298 e. The van der Waals surface area contributed by atoms with Crippen molar-refractivity contribution < 1.29 is 6.17 Å². The number of rotatable bonds is 1. The molecule has 2 bridgehead atoms. The summed E-state index contributed by atoms with van der Waals surface area (Å²) in [7, 11) is 0. The van der Waals surface area contributed by atoms with E-state index < -0.39 is 6.26 Å². The molecule has 0 amide bonds. The molecule has 0 heterocycles. The van der Waals surface area contributed by atoms with Crippen molar-refractivity contribution in [2.24, 2.45) is 17.3 Å². The first-order valence-electron chi connectivity index (χ1n) is 4.73. The summed E-state index contributed by atoms with van der Waals surface area (Å²) in [5.41, 5.74) is 1.13. The minimum Gasteiger partial charge on any atom is -0.298 e. The molecule has 0 aromatic heterocycles. The van der Waals surface area contributed by atoms with Crippen LogP contribution >= 0.6 is 0 Å². The van der Waals surface area contributed by atoms with Crippen molar-refractivity contribution in [3.63, 3.8) is 0 Å². The molecule has 2 unspecified atom stereocenters. The molecule has 0 aromatic carbocycles. The van der Waals surface area contributed by atoms with E-state index in [-0.39, 0.29) is 0 Å². The molecular formula is C10H14O. The van der Waals surface area contributed by atoms with Crippen LogP contribution in [0.25, 0.3) is 0 Å². The molecule has 1 nitrogen and oxygen atoms in total. The predicted octanol–water partition coefficient (Wildman–Crippen LogP) is 2.18. The maximum atomic E-state index is 10.8. The summed E-state index contributed by atoms with van der Waals surface area (Å²) in [5, 5.41) is 0. The zero-order chi connectivity index (χ0) is 8.93. The van der Waals surface area contributed by atoms with Crippen LogP contribution in [0, 0.1) is 17.3 Å². The fourth-order valence-electron chi connectivity index (χ4n) is 2.34. The fraction of sp³-hybridized carbons (Fsp3) is 0.700. The Morgan fingerprint density at radius 1 is 1.82 bits per heavy atom. The lowest BCUT2D eigenvalue weighted by atomic mass is 9.50. The maximum absolute atomic E-state index is 10.8. The Morgan fingerprint density at radius 3 is 2.91 bits per heavy atom. The molecule has 0 saturated heterocycles. The van der Waals surface area contributed by atoms with Gasteiger partial charge in [-0.2, -0.15) is 0 Å². The van der Waals surface area contributed by atoms with Crippen molar-refractivity contribution in [2.75, 3.05) is 0 Å². The Labute approximate surface area is 68.9 Å². The van der Waals surface area contributed by atoms with Gasteiger partial charge in [-0.1, -0.05) is 19.9 Å². The van der Waals surface area contributed by atoms with Gasteiger partial charge in [0, 0.05) is 0 Å². The van der Waals surface area contributed by atoms with Crippen LogP contribution < -0.4 is 0 Å². The summed E-state index contributed by atoms with van der Waals surface area (Å²) in [4.78, 5) is 10.8. The van der Waals surface area contributed by atoms with Gasteiger partial charge in [0.25, 0.3) is 0 Å². The van der Waals surface area contributed by atoms with Crippen LogP contribution in [0.1, 0.15) is 28.1 Å². The lowest BCUT2D eigenvalue weighted by Crippen LogP contribution is -2.46. The standard InChI is InChI=1S/C10H14O/c1-10(2)8-3-7(6-11)4-9(10)5-8/h3,6,8-9H,4-5H2,1-2H3/i6D. The topological polar surface area (TPSA) is 17.1 Å². The summed E-state index contributed by atoms with van der Waals surface area (Å²) in [6.45, 7) is 4.51. The van der Waals surface area contributed by atoms with E-state index in [1.807, 2.05) is 6.08 Å². The van der Waals surface area contributed by atoms with Crippen molar-refractivity contribution in [1.82, 2.24) is 0 Å². The third-order valence-electron chi connectivity index (χ3n) is 3.55. The van der Waals surface area contributed by atoms with Crippen LogP contribution in [0.4, 0.5) is 0 Å². The van der Waals surface area contributed by atoms with E-state index in [2.05, 4.69) is 13.8 Å². The molecule has 3 rings (SSSR count). The highest BCUT2D eigenvalue weighted by Gasteiger charge is 2.49. The molecule has 0 aromatic rings. The molecule has 3 aliphatic rings. The molecule has 1 fully saturated rings. The summed E-state index contributed by atoms with van der Waals surface area (Å²) >= 11 is 0. The van der Waals surface area contributed by atoms with E-state index >= 15 is 0 Å². The van der Waals surface area contributed by atoms with Crippen molar-refractivity contribution in [3.8, 4) is 0 Å². The number of carbonyl (C=O) groups is 1. The van der Waals surface area contributed by atoms with Gasteiger partial charge < -0.3 is 0 Å². The number of hydrogen-bond donors (Lipinski definition) is 0. The smallest absolute Gasteiger partial charge is 0.145 e. The number of allylic oxidation sites excluding steroid dienone is 2. The molecule has 1 saturated carbocycles. The molecular weight excluding hydrogens is 136 g/mol. The Morgan fingerprint density at radius 2 is 2.55 bits per heavy atom. The lowest BCUT2D eigenvalue weighted by molar-refractivity contribution is -0.106. The highest BCUT2D eigenvalue weighted by Crippen LogP contribution is 2.57. The number of carbonyl (C=O) groups excluding carboxylic acids is 1. The minimum atomic E-state index is -0.472. The van der Waals surface area contributed by atoms with Gasteiger partial charge in [0.1, 0.15) is 7.63 Å². The molecule has 11 heavy (non-hydrogen) atoms. The molecule has 1 heteroatoms. The van der Waals surface area contributed by atoms with E-state index in [1.54, 1.807) is 0 Å². The Hall–Kier alpha value is -0.590. The van der Waals surface area contributed by atoms with Crippen molar-refractivity contribution in [2.45, 2.75) is 26.7 Å². The lowest BCUT2D eigenvalue weighted by Gasteiger charge is -2.54. The van der Waals surface area contributed by atoms with Crippen molar-refractivity contribution >= 4 is 6.26 Å². The van der Waals surface area contributed by atoms with Gasteiger partial charge in [0.2, 0.25) is 0 Å². The average Bonchev–Trinajstić information content (AvgIpc) is 2.04. The van der Waals surface area contributed by atoms with Crippen LogP contribution in [-0.2, 0) is 4.79 Å². The second-order valence-electron chi connectivity index (χ2n) is 4.36. The third kappa shape index (κ3) is 0.800. The first-order chi connectivity index (χ1) is 5.51. The van der Waals surface area contributed by atoms with E-state index in [1.165, 1.54) is 6.42 Å². The van der Waals surface area contributed by atoms with Gasteiger partial charge in [-0.3, -0.25) is 4.79 Å². The summed E-state index contributed by atoms with van der Waals surface area (Å²) < 4.78 is 7.00. The summed E-state index contributed by atoms with van der Waals surface area (Å²) in [5.74, 6) is 1.21. The highest BCUT2D eigenvalue weighted by molar-refractivity contribution is 5.74. The second kappa shape index (κ2) is 1.96. The molecule has 60 valence electrons. The van der Waals surface area contributed by atoms with Crippen LogP contribution in [0.3, 0.4) is 0 Å². The Kier molecular flexibility index (Phi) is 1.07. The maximum Gasteiger partial charge on any atom is 0.145 e. The number of fused-ring (bicyclic) bond motifs is 1. The van der Waals surface area contributed by atoms with Crippen LogP contribution in [0.5, 0.6) is 0 Å². The third-order valence-corrected chi connectivity index (χ3v) is 3.55. The zero-order valence-corrected chi connectivity index (χ0v) is 7.05. The van der Waals surface area contributed by atoms with Gasteiger partial charge in [0.05, 0.1) is 0 Å². The molecule has 2 atom stereocenters. The molecule has 0 aliphatic heterocycles. The normalized spacial score (nSPS) is 40.2. The van der Waals surface area contributed by atoms with Gasteiger partial charge >= 0.3 is 0 Å². The second-order valence-corrected chi connectivity index (χ2v) is 4.36. The van der Waals surface area contributed by atoms with E-state index in [0.717, 1.165) is 12.0 Å². The number of hydrogen-bond acceptors (Lipinski definition) is 1. The molecule has 0 radical (unpaired) electrons. The molecule has 0 spiro atoms.